The normalized spacial score (nSPS) is 11.9. The van der Waals surface area contributed by atoms with E-state index in [1.165, 1.54) is 20.2 Å². The maximum atomic E-state index is 6.43. The molecule has 46 heavy (non-hydrogen) atoms. The van der Waals surface area contributed by atoms with Crippen LogP contribution in [0.3, 0.4) is 0 Å². The third kappa shape index (κ3) is 3.84. The average molecular weight is 608 g/mol. The van der Waals surface area contributed by atoms with Crippen LogP contribution in [0.4, 0.5) is 17.1 Å². The van der Waals surface area contributed by atoms with Crippen molar-refractivity contribution in [2.75, 3.05) is 4.90 Å². The van der Waals surface area contributed by atoms with Crippen LogP contribution in [-0.4, -0.2) is 0 Å². The molecule has 0 radical (unpaired) electrons. The van der Waals surface area contributed by atoms with Gasteiger partial charge < -0.3 is 13.7 Å². The first-order valence-corrected chi connectivity index (χ1v) is 16.2. The molecule has 3 heterocycles. The number of hydrogen-bond acceptors (Lipinski definition) is 4. The van der Waals surface area contributed by atoms with Gasteiger partial charge >= 0.3 is 0 Å². The zero-order chi connectivity index (χ0) is 30.2. The van der Waals surface area contributed by atoms with Crippen LogP contribution in [0.5, 0.6) is 0 Å². The highest BCUT2D eigenvalue weighted by Gasteiger charge is 2.18. The highest BCUT2D eigenvalue weighted by Crippen LogP contribution is 2.43. The molecule has 7 aromatic carbocycles. The fourth-order valence-electron chi connectivity index (χ4n) is 6.94. The molecule has 0 saturated carbocycles. The number of fused-ring (bicyclic) bond motifs is 10. The summed E-state index contributed by atoms with van der Waals surface area (Å²) < 4.78 is 15.2. The summed E-state index contributed by atoms with van der Waals surface area (Å²) in [6, 6.07) is 53.6. The summed E-state index contributed by atoms with van der Waals surface area (Å²) in [6.07, 6.45) is 0. The second kappa shape index (κ2) is 9.83. The molecule has 0 atom stereocenters. The third-order valence-electron chi connectivity index (χ3n) is 9.07. The highest BCUT2D eigenvalue weighted by molar-refractivity contribution is 7.25. The van der Waals surface area contributed by atoms with Crippen LogP contribution in [0.25, 0.3) is 75.2 Å². The Hall–Kier alpha value is -5.84. The van der Waals surface area contributed by atoms with E-state index in [0.717, 1.165) is 72.1 Å². The smallest absolute Gasteiger partial charge is 0.136 e. The molecule has 0 aliphatic heterocycles. The van der Waals surface area contributed by atoms with Gasteiger partial charge in [-0.05, 0) is 90.0 Å². The zero-order valence-electron chi connectivity index (χ0n) is 24.6. The van der Waals surface area contributed by atoms with E-state index in [-0.39, 0.29) is 0 Å². The molecular formula is C42H25NO2S. The van der Waals surface area contributed by atoms with Gasteiger partial charge in [-0.15, -0.1) is 11.3 Å². The van der Waals surface area contributed by atoms with Crippen molar-refractivity contribution >= 4 is 92.4 Å². The Bertz CT molecular complexity index is 2750. The highest BCUT2D eigenvalue weighted by atomic mass is 32.1. The number of para-hydroxylation sites is 2. The Balaban J connectivity index is 1.07. The second-order valence-electron chi connectivity index (χ2n) is 11.7. The number of anilines is 3. The average Bonchev–Trinajstić information content (AvgIpc) is 3.79. The van der Waals surface area contributed by atoms with Crippen molar-refractivity contribution in [3.63, 3.8) is 0 Å². The number of furan rings is 2. The van der Waals surface area contributed by atoms with Gasteiger partial charge in [0.25, 0.3) is 0 Å². The summed E-state index contributed by atoms with van der Waals surface area (Å²) in [5.41, 5.74) is 9.13. The van der Waals surface area contributed by atoms with E-state index in [1.807, 2.05) is 35.6 Å². The van der Waals surface area contributed by atoms with Crippen LogP contribution in [0.2, 0.25) is 0 Å². The fourth-order valence-corrected chi connectivity index (χ4v) is 8.03. The van der Waals surface area contributed by atoms with E-state index < -0.39 is 0 Å². The minimum absolute atomic E-state index is 0.871. The number of benzene rings is 7. The van der Waals surface area contributed by atoms with Gasteiger partial charge in [-0.2, -0.15) is 0 Å². The second-order valence-corrected chi connectivity index (χ2v) is 12.8. The van der Waals surface area contributed by atoms with Crippen LogP contribution in [-0.2, 0) is 0 Å². The lowest BCUT2D eigenvalue weighted by Gasteiger charge is -2.25. The lowest BCUT2D eigenvalue weighted by atomic mass is 10.0. The van der Waals surface area contributed by atoms with Gasteiger partial charge in [0.05, 0.1) is 0 Å². The topological polar surface area (TPSA) is 29.5 Å². The first kappa shape index (κ1) is 25.5. The predicted octanol–water partition coefficient (Wildman–Crippen LogP) is 13.0. The molecule has 0 fully saturated rings. The van der Waals surface area contributed by atoms with Crippen molar-refractivity contribution in [1.29, 1.82) is 0 Å². The van der Waals surface area contributed by atoms with Crippen LogP contribution in [0.15, 0.2) is 160 Å². The molecule has 0 unspecified atom stereocenters. The molecular weight excluding hydrogens is 583 g/mol. The minimum atomic E-state index is 0.871. The lowest BCUT2D eigenvalue weighted by molar-refractivity contribution is 0.663. The monoisotopic (exact) mass is 607 g/mol. The van der Waals surface area contributed by atoms with Gasteiger partial charge in [0.2, 0.25) is 0 Å². The largest absolute Gasteiger partial charge is 0.456 e. The van der Waals surface area contributed by atoms with Crippen molar-refractivity contribution < 1.29 is 8.83 Å². The van der Waals surface area contributed by atoms with Gasteiger partial charge in [0.15, 0.2) is 0 Å². The zero-order valence-corrected chi connectivity index (χ0v) is 25.4. The minimum Gasteiger partial charge on any atom is -0.456 e. The summed E-state index contributed by atoms with van der Waals surface area (Å²) in [4.78, 5) is 2.33. The molecule has 0 aliphatic carbocycles. The van der Waals surface area contributed by atoms with E-state index in [9.17, 15) is 0 Å². The summed E-state index contributed by atoms with van der Waals surface area (Å²) >= 11 is 1.85. The van der Waals surface area contributed by atoms with Crippen molar-refractivity contribution in [1.82, 2.24) is 0 Å². The fraction of sp³-hybridized carbons (Fsp3) is 0. The molecule has 4 heteroatoms. The van der Waals surface area contributed by atoms with E-state index in [4.69, 9.17) is 8.83 Å². The molecule has 0 N–H and O–H groups in total. The maximum Gasteiger partial charge on any atom is 0.136 e. The molecule has 0 bridgehead atoms. The van der Waals surface area contributed by atoms with E-state index in [2.05, 4.69) is 132 Å². The van der Waals surface area contributed by atoms with Crippen LogP contribution >= 0.6 is 11.3 Å². The molecule has 0 saturated heterocycles. The van der Waals surface area contributed by atoms with E-state index in [1.54, 1.807) is 0 Å². The molecule has 0 aliphatic rings. The Morgan fingerprint density at radius 1 is 0.370 bits per heavy atom. The van der Waals surface area contributed by atoms with Gasteiger partial charge in [-0.3, -0.25) is 0 Å². The Labute approximate surface area is 268 Å². The van der Waals surface area contributed by atoms with Gasteiger partial charge in [-0.1, -0.05) is 72.8 Å². The molecule has 216 valence electrons. The van der Waals surface area contributed by atoms with E-state index in [0.29, 0.717) is 0 Å². The summed E-state index contributed by atoms with van der Waals surface area (Å²) in [5, 5.41) is 7.01. The molecule has 10 aromatic rings. The van der Waals surface area contributed by atoms with E-state index >= 15 is 0 Å². The number of nitrogens with zero attached hydrogens (tertiary/aromatic N) is 1. The molecule has 3 aromatic heterocycles. The molecule has 10 rings (SSSR count). The van der Waals surface area contributed by atoms with Crippen molar-refractivity contribution in [3.05, 3.63) is 152 Å². The van der Waals surface area contributed by atoms with Gasteiger partial charge in [-0.25, -0.2) is 0 Å². The number of thiophene rings is 1. The van der Waals surface area contributed by atoms with Crippen LogP contribution < -0.4 is 4.90 Å². The number of hydrogen-bond donors (Lipinski definition) is 0. The third-order valence-corrected chi connectivity index (χ3v) is 10.2. The lowest BCUT2D eigenvalue weighted by Crippen LogP contribution is -2.09. The van der Waals surface area contributed by atoms with Crippen molar-refractivity contribution in [2.45, 2.75) is 0 Å². The van der Waals surface area contributed by atoms with Gasteiger partial charge in [0.1, 0.15) is 22.3 Å². The maximum absolute atomic E-state index is 6.43. The van der Waals surface area contributed by atoms with Crippen LogP contribution in [0.1, 0.15) is 0 Å². The van der Waals surface area contributed by atoms with Crippen LogP contribution in [0, 0.1) is 0 Å². The summed E-state index contributed by atoms with van der Waals surface area (Å²) in [6.45, 7) is 0. The standard InChI is InChI=1S/C42H25NO2S/c1-2-8-28(9-3-1)43(30-19-23-40-34(25-30)31-10-5-7-13-39(31)46-40)29-17-14-26(15-18-29)27-16-20-33-38(24-27)45-37-22-21-36-41(42(33)37)32-11-4-6-12-35(32)44-36/h1-25H. The molecule has 0 amide bonds. The predicted molar refractivity (Wildman–Crippen MR) is 194 cm³/mol. The summed E-state index contributed by atoms with van der Waals surface area (Å²) in [5.74, 6) is 0. The van der Waals surface area contributed by atoms with Crippen molar-refractivity contribution in [2.24, 2.45) is 0 Å². The molecule has 3 nitrogen and oxygen atoms in total. The Morgan fingerprint density at radius 3 is 1.80 bits per heavy atom. The Kier molecular flexibility index (Phi) is 5.45. The first-order chi connectivity index (χ1) is 22.8. The SMILES string of the molecule is c1ccc(N(c2ccc(-c3ccc4c(c3)oc3ccc5oc6ccccc6c5c34)cc2)c2ccc3sc4ccccc4c3c2)cc1. The number of rotatable bonds is 4. The van der Waals surface area contributed by atoms with Gasteiger partial charge in [0, 0.05) is 58.8 Å². The Morgan fingerprint density at radius 2 is 0.978 bits per heavy atom. The molecule has 0 spiro atoms. The summed E-state index contributed by atoms with van der Waals surface area (Å²) in [7, 11) is 0. The van der Waals surface area contributed by atoms with Crippen molar-refractivity contribution in [3.8, 4) is 11.1 Å². The first-order valence-electron chi connectivity index (χ1n) is 15.4. The quantitative estimate of drug-likeness (QED) is 0.199.